The van der Waals surface area contributed by atoms with Crippen LogP contribution < -0.4 is 5.63 Å². The van der Waals surface area contributed by atoms with E-state index < -0.39 is 0 Å². The molecule has 0 aliphatic heterocycles. The fourth-order valence-electron chi connectivity index (χ4n) is 2.17. The number of fused-ring (bicyclic) bond motifs is 3. The van der Waals surface area contributed by atoms with Crippen molar-refractivity contribution in [3.05, 3.63) is 58.4 Å². The molecule has 0 bridgehead atoms. The Bertz CT molecular complexity index is 879. The van der Waals surface area contributed by atoms with Gasteiger partial charge in [-0.25, -0.2) is 4.79 Å². The van der Waals surface area contributed by atoms with Crippen molar-refractivity contribution in [1.29, 1.82) is 0 Å². The van der Waals surface area contributed by atoms with Crippen molar-refractivity contribution in [3.8, 4) is 11.8 Å². The zero-order valence-corrected chi connectivity index (χ0v) is 10.0. The van der Waals surface area contributed by atoms with Gasteiger partial charge in [-0.3, -0.25) is 0 Å². The van der Waals surface area contributed by atoms with Gasteiger partial charge in [-0.2, -0.15) is 0 Å². The van der Waals surface area contributed by atoms with Gasteiger partial charge in [-0.15, -0.1) is 0 Å². The molecule has 0 saturated carbocycles. The van der Waals surface area contributed by atoms with E-state index in [9.17, 15) is 4.79 Å². The lowest BCUT2D eigenvalue weighted by Gasteiger charge is -2.04. The summed E-state index contributed by atoms with van der Waals surface area (Å²) in [5.74, 6) is 5.51. The van der Waals surface area contributed by atoms with Crippen LogP contribution in [0.5, 0.6) is 0 Å². The van der Waals surface area contributed by atoms with Gasteiger partial charge >= 0.3 is 5.63 Å². The number of benzene rings is 2. The molecule has 3 nitrogen and oxygen atoms in total. The molecular weight excluding hydrogens is 240 g/mol. The number of aliphatic hydroxyl groups excluding tert-OH is 1. The van der Waals surface area contributed by atoms with Crippen molar-refractivity contribution in [3.63, 3.8) is 0 Å². The van der Waals surface area contributed by atoms with E-state index in [1.165, 1.54) is 0 Å². The van der Waals surface area contributed by atoms with Crippen molar-refractivity contribution >= 4 is 21.7 Å². The summed E-state index contributed by atoms with van der Waals surface area (Å²) in [5, 5.41) is 11.0. The highest BCUT2D eigenvalue weighted by molar-refractivity contribution is 6.07. The Balaban J connectivity index is 2.54. The van der Waals surface area contributed by atoms with Gasteiger partial charge in [0.1, 0.15) is 12.2 Å². The molecule has 0 saturated heterocycles. The Kier molecular flexibility index (Phi) is 2.79. The molecule has 0 aliphatic rings. The summed E-state index contributed by atoms with van der Waals surface area (Å²) in [4.78, 5) is 11.9. The van der Waals surface area contributed by atoms with Gasteiger partial charge in [0.15, 0.2) is 0 Å². The van der Waals surface area contributed by atoms with Crippen molar-refractivity contribution in [2.24, 2.45) is 0 Å². The van der Waals surface area contributed by atoms with Gasteiger partial charge in [0.25, 0.3) is 0 Å². The Hall–Kier alpha value is -2.57. The first-order chi connectivity index (χ1) is 9.31. The summed E-state index contributed by atoms with van der Waals surface area (Å²) in [6, 6.07) is 12.6. The summed E-state index contributed by atoms with van der Waals surface area (Å²) >= 11 is 0. The number of hydrogen-bond donors (Lipinski definition) is 1. The SMILES string of the molecule is O=c1oc2cccc(C#CCO)c2c2ccccc12. The standard InChI is InChI=1S/C16H10O3/c17-10-4-6-11-5-3-9-14-15(11)12-7-1-2-8-13(12)16(18)19-14/h1-3,5,7-9,17H,10H2. The molecule has 2 aromatic carbocycles. The number of hydrogen-bond acceptors (Lipinski definition) is 3. The highest BCUT2D eigenvalue weighted by atomic mass is 16.4. The second kappa shape index (κ2) is 4.60. The molecule has 0 unspecified atom stereocenters. The zero-order chi connectivity index (χ0) is 13.2. The third-order valence-electron chi connectivity index (χ3n) is 2.95. The van der Waals surface area contributed by atoms with Crippen LogP contribution >= 0.6 is 0 Å². The highest BCUT2D eigenvalue weighted by Gasteiger charge is 2.09. The molecule has 1 aromatic heterocycles. The molecule has 3 rings (SSSR count). The maximum atomic E-state index is 11.9. The van der Waals surface area contributed by atoms with E-state index >= 15 is 0 Å². The molecule has 0 radical (unpaired) electrons. The van der Waals surface area contributed by atoms with Crippen LogP contribution in [-0.4, -0.2) is 11.7 Å². The van der Waals surface area contributed by atoms with E-state index in [4.69, 9.17) is 9.52 Å². The molecule has 0 atom stereocenters. The largest absolute Gasteiger partial charge is 0.422 e. The normalized spacial score (nSPS) is 10.4. The predicted molar refractivity (Wildman–Crippen MR) is 74.0 cm³/mol. The average Bonchev–Trinajstić information content (AvgIpc) is 2.45. The lowest BCUT2D eigenvalue weighted by atomic mass is 10.0. The smallest absolute Gasteiger partial charge is 0.344 e. The van der Waals surface area contributed by atoms with Crippen molar-refractivity contribution in [2.75, 3.05) is 6.61 Å². The highest BCUT2D eigenvalue weighted by Crippen LogP contribution is 2.25. The topological polar surface area (TPSA) is 50.4 Å². The lowest BCUT2D eigenvalue weighted by Crippen LogP contribution is -2.00. The van der Waals surface area contributed by atoms with Crippen molar-refractivity contribution in [1.82, 2.24) is 0 Å². The van der Waals surface area contributed by atoms with E-state index in [1.807, 2.05) is 18.2 Å². The Morgan fingerprint density at radius 1 is 1.05 bits per heavy atom. The summed E-state index contributed by atoms with van der Waals surface area (Å²) in [5.41, 5.74) is 0.898. The number of aliphatic hydroxyl groups is 1. The van der Waals surface area contributed by atoms with Crippen LogP contribution in [0, 0.1) is 11.8 Å². The van der Waals surface area contributed by atoms with Gasteiger partial charge in [-0.1, -0.05) is 36.1 Å². The van der Waals surface area contributed by atoms with Crippen LogP contribution in [-0.2, 0) is 0 Å². The Morgan fingerprint density at radius 3 is 2.63 bits per heavy atom. The maximum absolute atomic E-state index is 11.9. The fraction of sp³-hybridized carbons (Fsp3) is 0.0625. The van der Waals surface area contributed by atoms with E-state index in [-0.39, 0.29) is 12.2 Å². The average molecular weight is 250 g/mol. The van der Waals surface area contributed by atoms with Gasteiger partial charge in [0.2, 0.25) is 0 Å². The molecule has 1 heterocycles. The van der Waals surface area contributed by atoms with Crippen LogP contribution in [0.2, 0.25) is 0 Å². The summed E-state index contributed by atoms with van der Waals surface area (Å²) in [7, 11) is 0. The van der Waals surface area contributed by atoms with Crippen LogP contribution in [0.3, 0.4) is 0 Å². The van der Waals surface area contributed by atoms with E-state index in [2.05, 4.69) is 11.8 Å². The van der Waals surface area contributed by atoms with Crippen LogP contribution in [0.25, 0.3) is 21.7 Å². The van der Waals surface area contributed by atoms with E-state index in [0.29, 0.717) is 11.0 Å². The van der Waals surface area contributed by atoms with Gasteiger partial charge < -0.3 is 9.52 Å². The van der Waals surface area contributed by atoms with Gasteiger partial charge in [0, 0.05) is 16.3 Å². The minimum absolute atomic E-state index is 0.203. The second-order valence-corrected chi connectivity index (χ2v) is 4.07. The lowest BCUT2D eigenvalue weighted by molar-refractivity contribution is 0.350. The van der Waals surface area contributed by atoms with Crippen molar-refractivity contribution < 1.29 is 9.52 Å². The molecule has 0 fully saturated rings. The minimum Gasteiger partial charge on any atom is -0.422 e. The summed E-state index contributed by atoms with van der Waals surface area (Å²) in [6.45, 7) is -0.203. The first-order valence-electron chi connectivity index (χ1n) is 5.85. The molecule has 92 valence electrons. The maximum Gasteiger partial charge on any atom is 0.344 e. The summed E-state index contributed by atoms with van der Waals surface area (Å²) < 4.78 is 5.31. The van der Waals surface area contributed by atoms with Crippen LogP contribution in [0.4, 0.5) is 0 Å². The second-order valence-electron chi connectivity index (χ2n) is 4.07. The monoisotopic (exact) mass is 250 g/mol. The third kappa shape index (κ3) is 1.88. The molecule has 19 heavy (non-hydrogen) atoms. The van der Waals surface area contributed by atoms with Gasteiger partial charge in [-0.05, 0) is 18.2 Å². The molecule has 1 N–H and O–H groups in total. The van der Waals surface area contributed by atoms with E-state index in [0.717, 1.165) is 16.3 Å². The Labute approximate surface area is 109 Å². The van der Waals surface area contributed by atoms with Crippen LogP contribution in [0.1, 0.15) is 5.56 Å². The zero-order valence-electron chi connectivity index (χ0n) is 10.0. The Morgan fingerprint density at radius 2 is 1.84 bits per heavy atom. The molecular formula is C16H10O3. The molecule has 3 heteroatoms. The third-order valence-corrected chi connectivity index (χ3v) is 2.95. The minimum atomic E-state index is -0.352. The summed E-state index contributed by atoms with van der Waals surface area (Å²) in [6.07, 6.45) is 0. The van der Waals surface area contributed by atoms with E-state index in [1.54, 1.807) is 24.3 Å². The van der Waals surface area contributed by atoms with Crippen LogP contribution in [0.15, 0.2) is 51.7 Å². The quantitative estimate of drug-likeness (QED) is 0.378. The molecule has 0 amide bonds. The molecule has 0 aliphatic carbocycles. The first-order valence-corrected chi connectivity index (χ1v) is 5.85. The first kappa shape index (κ1) is 11.5. The van der Waals surface area contributed by atoms with Gasteiger partial charge in [0.05, 0.1) is 5.39 Å². The fourth-order valence-corrected chi connectivity index (χ4v) is 2.17. The number of rotatable bonds is 0. The molecule has 3 aromatic rings. The van der Waals surface area contributed by atoms with Crippen molar-refractivity contribution in [2.45, 2.75) is 0 Å². The molecule has 0 spiro atoms. The predicted octanol–water partition coefficient (Wildman–Crippen LogP) is 2.29.